The third-order valence-corrected chi connectivity index (χ3v) is 3.98. The molecule has 0 saturated carbocycles. The molecule has 0 aliphatic carbocycles. The van der Waals surface area contributed by atoms with E-state index in [2.05, 4.69) is 35.4 Å². The summed E-state index contributed by atoms with van der Waals surface area (Å²) in [7, 11) is 1.40. The lowest BCUT2D eigenvalue weighted by Crippen LogP contribution is -2.17. The van der Waals surface area contributed by atoms with Crippen molar-refractivity contribution in [3.8, 4) is 11.5 Å². The number of rotatable bonds is 9. The van der Waals surface area contributed by atoms with E-state index in [-0.39, 0.29) is 36.1 Å². The van der Waals surface area contributed by atoms with Gasteiger partial charge in [-0.2, -0.15) is 0 Å². The Kier molecular flexibility index (Phi) is 15.6. The number of carbonyl (C=O) groups is 3. The van der Waals surface area contributed by atoms with Crippen LogP contribution < -0.4 is 15.2 Å². The lowest BCUT2D eigenvalue weighted by molar-refractivity contribution is -0.148. The molecule has 2 rings (SSSR count). The Bertz CT molecular complexity index is 946. The van der Waals surface area contributed by atoms with Crippen LogP contribution in [-0.4, -0.2) is 42.8 Å². The molecular weight excluding hydrogens is 452 g/mol. The number of ether oxygens (including phenoxy) is 4. The Balaban J connectivity index is 0.000000548. The van der Waals surface area contributed by atoms with Crippen molar-refractivity contribution in [1.29, 1.82) is 0 Å². The Hall–Kier alpha value is -3.88. The zero-order valence-electron chi connectivity index (χ0n) is 21.3. The molecule has 1 amide bonds. The van der Waals surface area contributed by atoms with Crippen LogP contribution in [0.5, 0.6) is 11.5 Å². The van der Waals surface area contributed by atoms with E-state index in [9.17, 15) is 14.4 Å². The minimum Gasteiger partial charge on any atom is -0.493 e. The number of hydrogen-bond donors (Lipinski definition) is 1. The number of benzene rings is 1. The Labute approximate surface area is 207 Å². The smallest absolute Gasteiger partial charge is 0.305 e. The fourth-order valence-electron chi connectivity index (χ4n) is 2.45. The van der Waals surface area contributed by atoms with Gasteiger partial charge in [0.25, 0.3) is 5.91 Å². The molecule has 0 spiro atoms. The first-order chi connectivity index (χ1) is 16.5. The van der Waals surface area contributed by atoms with Crippen molar-refractivity contribution in [1.82, 2.24) is 4.98 Å². The second kappa shape index (κ2) is 17.6. The SMILES string of the molecule is C=C(C)CC(C)OC(=O)CC.COc1ccnc(C(N)=O)c1OCOC(C)=O.Cc1ccccc1. The minimum absolute atomic E-state index is 0.0278. The predicted molar refractivity (Wildman–Crippen MR) is 133 cm³/mol. The largest absolute Gasteiger partial charge is 0.493 e. The summed E-state index contributed by atoms with van der Waals surface area (Å²) in [6.45, 7) is 12.3. The third-order valence-electron chi connectivity index (χ3n) is 3.98. The van der Waals surface area contributed by atoms with Gasteiger partial charge in [0, 0.05) is 32.0 Å². The number of pyridine rings is 1. The van der Waals surface area contributed by atoms with E-state index in [1.807, 2.05) is 32.0 Å². The molecule has 9 heteroatoms. The highest BCUT2D eigenvalue weighted by molar-refractivity contribution is 5.94. The predicted octanol–water partition coefficient (Wildman–Crippen LogP) is 4.38. The van der Waals surface area contributed by atoms with Crippen LogP contribution in [-0.2, 0) is 19.1 Å². The molecule has 2 aromatic rings. The van der Waals surface area contributed by atoms with Crippen LogP contribution >= 0.6 is 0 Å². The first-order valence-corrected chi connectivity index (χ1v) is 11.0. The third kappa shape index (κ3) is 14.8. The highest BCUT2D eigenvalue weighted by Gasteiger charge is 2.16. The topological polar surface area (TPSA) is 127 Å². The lowest BCUT2D eigenvalue weighted by Gasteiger charge is -2.12. The maximum atomic E-state index is 11.1. The summed E-state index contributed by atoms with van der Waals surface area (Å²) >= 11 is 0. The first kappa shape index (κ1) is 31.1. The summed E-state index contributed by atoms with van der Waals surface area (Å²) in [6.07, 6.45) is 2.53. The van der Waals surface area contributed by atoms with E-state index in [1.54, 1.807) is 6.92 Å². The van der Waals surface area contributed by atoms with Gasteiger partial charge < -0.3 is 24.7 Å². The molecule has 0 radical (unpaired) electrons. The quantitative estimate of drug-likeness (QED) is 0.313. The van der Waals surface area contributed by atoms with Gasteiger partial charge in [0.1, 0.15) is 6.10 Å². The molecule has 1 heterocycles. The minimum atomic E-state index is -0.762. The van der Waals surface area contributed by atoms with E-state index in [0.29, 0.717) is 6.42 Å². The van der Waals surface area contributed by atoms with E-state index < -0.39 is 11.9 Å². The highest BCUT2D eigenvalue weighted by Crippen LogP contribution is 2.29. The molecule has 1 unspecified atom stereocenters. The molecule has 0 aliphatic heterocycles. The second-order valence-electron chi connectivity index (χ2n) is 7.42. The number of methoxy groups -OCH3 is 1. The van der Waals surface area contributed by atoms with Gasteiger partial charge >= 0.3 is 11.9 Å². The van der Waals surface area contributed by atoms with E-state index in [4.69, 9.17) is 19.9 Å². The molecule has 1 aromatic carbocycles. The van der Waals surface area contributed by atoms with Gasteiger partial charge in [-0.3, -0.25) is 14.4 Å². The molecule has 0 saturated heterocycles. The number of aryl methyl sites for hydroxylation is 1. The van der Waals surface area contributed by atoms with E-state index in [0.717, 1.165) is 12.0 Å². The van der Waals surface area contributed by atoms with E-state index in [1.165, 1.54) is 31.9 Å². The van der Waals surface area contributed by atoms with Gasteiger partial charge in [-0.25, -0.2) is 4.98 Å². The van der Waals surface area contributed by atoms with Crippen molar-refractivity contribution >= 4 is 17.8 Å². The average molecular weight is 489 g/mol. The number of aromatic nitrogens is 1. The first-order valence-electron chi connectivity index (χ1n) is 11.0. The maximum Gasteiger partial charge on any atom is 0.305 e. The Morgan fingerprint density at radius 1 is 1.11 bits per heavy atom. The zero-order chi connectivity index (χ0) is 26.8. The Morgan fingerprint density at radius 2 is 1.74 bits per heavy atom. The molecule has 2 N–H and O–H groups in total. The molecule has 1 aromatic heterocycles. The monoisotopic (exact) mass is 488 g/mol. The van der Waals surface area contributed by atoms with Gasteiger partial charge in [0.05, 0.1) is 7.11 Å². The fraction of sp³-hybridized carbons (Fsp3) is 0.385. The van der Waals surface area contributed by atoms with Crippen molar-refractivity contribution in [2.75, 3.05) is 13.9 Å². The second-order valence-corrected chi connectivity index (χ2v) is 7.42. The van der Waals surface area contributed by atoms with E-state index >= 15 is 0 Å². The van der Waals surface area contributed by atoms with Crippen LogP contribution in [0.1, 0.15) is 56.6 Å². The lowest BCUT2D eigenvalue weighted by atomic mass is 10.2. The van der Waals surface area contributed by atoms with Crippen molar-refractivity contribution in [2.24, 2.45) is 5.73 Å². The normalized spacial score (nSPS) is 10.2. The molecule has 35 heavy (non-hydrogen) atoms. The van der Waals surface area contributed by atoms with Crippen LogP contribution in [0.3, 0.4) is 0 Å². The van der Waals surface area contributed by atoms with Gasteiger partial charge in [-0.05, 0) is 20.8 Å². The van der Waals surface area contributed by atoms with Gasteiger partial charge in [-0.1, -0.05) is 48.4 Å². The molecule has 0 bridgehead atoms. The molecule has 0 aliphatic rings. The van der Waals surface area contributed by atoms with Crippen LogP contribution in [0.4, 0.5) is 0 Å². The summed E-state index contributed by atoms with van der Waals surface area (Å²) in [5, 5.41) is 0. The van der Waals surface area contributed by atoms with Crippen molar-refractivity contribution in [3.63, 3.8) is 0 Å². The van der Waals surface area contributed by atoms with Crippen molar-refractivity contribution in [3.05, 3.63) is 66.0 Å². The number of nitrogens with two attached hydrogens (primary N) is 1. The zero-order valence-corrected chi connectivity index (χ0v) is 21.3. The number of nitrogens with zero attached hydrogens (tertiary/aromatic N) is 1. The molecular formula is C26H36N2O7. The number of esters is 2. The summed E-state index contributed by atoms with van der Waals surface area (Å²) in [5.41, 5.74) is 7.40. The van der Waals surface area contributed by atoms with Crippen molar-refractivity contribution < 1.29 is 33.3 Å². The summed E-state index contributed by atoms with van der Waals surface area (Å²) < 4.78 is 19.7. The van der Waals surface area contributed by atoms with Crippen LogP contribution in [0.2, 0.25) is 0 Å². The molecule has 1 atom stereocenters. The van der Waals surface area contributed by atoms with Crippen molar-refractivity contribution in [2.45, 2.75) is 53.6 Å². The molecule has 0 fully saturated rings. The molecule has 192 valence electrons. The number of carbonyl (C=O) groups excluding carboxylic acids is 3. The highest BCUT2D eigenvalue weighted by atomic mass is 16.7. The number of hydrogen-bond acceptors (Lipinski definition) is 8. The van der Waals surface area contributed by atoms with Gasteiger partial charge in [-0.15, -0.1) is 6.58 Å². The Morgan fingerprint density at radius 3 is 2.17 bits per heavy atom. The maximum absolute atomic E-state index is 11.1. The summed E-state index contributed by atoms with van der Waals surface area (Å²) in [4.78, 5) is 36.2. The average Bonchev–Trinajstić information content (AvgIpc) is 2.79. The van der Waals surface area contributed by atoms with Crippen LogP contribution in [0, 0.1) is 6.92 Å². The summed E-state index contributed by atoms with van der Waals surface area (Å²) in [5.74, 6) is -1.08. The fourth-order valence-corrected chi connectivity index (χ4v) is 2.45. The van der Waals surface area contributed by atoms with Crippen LogP contribution in [0.25, 0.3) is 0 Å². The number of amides is 1. The van der Waals surface area contributed by atoms with Crippen LogP contribution in [0.15, 0.2) is 54.7 Å². The standard InChI is InChI=1S/C10H12N2O5.C9H16O2.C7H8/c1-6(13)16-5-17-9-7(15-2)3-4-12-8(9)10(11)14;1-5-9(10)11-8(4)6-7(2)3;1-7-5-3-2-4-6-7/h3-4H,5H2,1-2H3,(H2,11,14);8H,2,5-6H2,1,3-4H3;2-6H,1H3. The number of primary amides is 1. The van der Waals surface area contributed by atoms with Gasteiger partial charge in [0.2, 0.25) is 6.79 Å². The van der Waals surface area contributed by atoms with Gasteiger partial charge in [0.15, 0.2) is 17.2 Å². The summed E-state index contributed by atoms with van der Waals surface area (Å²) in [6, 6.07) is 11.8. The molecule has 9 nitrogen and oxygen atoms in total.